The number of halogens is 1. The molecule has 1 unspecified atom stereocenters. The van der Waals surface area contributed by atoms with Crippen molar-refractivity contribution in [1.82, 2.24) is 0 Å². The van der Waals surface area contributed by atoms with Crippen molar-refractivity contribution in [1.29, 1.82) is 0 Å². The number of benzene rings is 3. The lowest BCUT2D eigenvalue weighted by molar-refractivity contribution is -0.138. The number of amides is 2. The van der Waals surface area contributed by atoms with Crippen molar-refractivity contribution >= 4 is 29.2 Å². The van der Waals surface area contributed by atoms with Gasteiger partial charge >= 0.3 is 5.97 Å². The van der Waals surface area contributed by atoms with Gasteiger partial charge in [-0.05, 0) is 60.9 Å². The maximum Gasteiger partial charge on any atom is 0.325 e. The quantitative estimate of drug-likeness (QED) is 0.393. The topological polar surface area (TPSA) is 66.9 Å². The molecule has 0 aliphatic rings. The Morgan fingerprint density at radius 1 is 0.889 bits per heavy atom. The molecule has 0 radical (unpaired) electrons. The van der Waals surface area contributed by atoms with Crippen molar-refractivity contribution in [2.45, 2.75) is 26.7 Å². The zero-order valence-electron chi connectivity index (χ0n) is 21.2. The molecule has 36 heavy (non-hydrogen) atoms. The van der Waals surface area contributed by atoms with Crippen LogP contribution in [-0.2, 0) is 9.53 Å². The van der Waals surface area contributed by atoms with Crippen LogP contribution in [-0.4, -0.2) is 45.2 Å². The number of ether oxygens (including phenoxy) is 1. The standard InChI is InChI=1S/C29H31FN2O4/c1-19-14-24(21(3)17-30)15-20(2)27(19)32(18-26(33)36-5)29(35)23-12-9-13-25(16-23)31(4)28(34)22-10-7-6-8-11-22/h6-16,21H,17-18H2,1-5H3. The van der Waals surface area contributed by atoms with E-state index < -0.39 is 18.6 Å². The molecule has 0 heterocycles. The molecule has 0 fully saturated rings. The van der Waals surface area contributed by atoms with Crippen molar-refractivity contribution in [3.8, 4) is 0 Å². The smallest absolute Gasteiger partial charge is 0.325 e. The predicted octanol–water partition coefficient (Wildman–Crippen LogP) is 5.47. The zero-order chi connectivity index (χ0) is 26.4. The molecule has 0 spiro atoms. The van der Waals surface area contributed by atoms with Crippen LogP contribution < -0.4 is 9.80 Å². The minimum Gasteiger partial charge on any atom is -0.468 e. The maximum atomic E-state index is 13.7. The fourth-order valence-electron chi connectivity index (χ4n) is 4.13. The molecule has 2 amide bonds. The second-order valence-corrected chi connectivity index (χ2v) is 8.81. The number of hydrogen-bond acceptors (Lipinski definition) is 4. The Hall–Kier alpha value is -4.00. The van der Waals surface area contributed by atoms with Gasteiger partial charge in [0.25, 0.3) is 11.8 Å². The van der Waals surface area contributed by atoms with Gasteiger partial charge in [-0.15, -0.1) is 0 Å². The first-order chi connectivity index (χ1) is 17.2. The monoisotopic (exact) mass is 490 g/mol. The summed E-state index contributed by atoms with van der Waals surface area (Å²) in [7, 11) is 2.91. The molecule has 6 nitrogen and oxygen atoms in total. The first kappa shape index (κ1) is 26.6. The van der Waals surface area contributed by atoms with E-state index in [9.17, 15) is 18.8 Å². The number of carbonyl (C=O) groups is 3. The van der Waals surface area contributed by atoms with Crippen LogP contribution in [0.2, 0.25) is 0 Å². The number of rotatable bonds is 8. The van der Waals surface area contributed by atoms with Crippen LogP contribution in [0.15, 0.2) is 66.7 Å². The molecular formula is C29H31FN2O4. The predicted molar refractivity (Wildman–Crippen MR) is 140 cm³/mol. The molecule has 3 aromatic rings. The molecule has 188 valence electrons. The average molecular weight is 491 g/mol. The highest BCUT2D eigenvalue weighted by Gasteiger charge is 2.26. The second-order valence-electron chi connectivity index (χ2n) is 8.81. The first-order valence-corrected chi connectivity index (χ1v) is 11.7. The third-order valence-corrected chi connectivity index (χ3v) is 6.15. The number of esters is 1. The van der Waals surface area contributed by atoms with E-state index in [-0.39, 0.29) is 18.4 Å². The number of nitrogens with zero attached hydrogens (tertiary/aromatic N) is 2. The summed E-state index contributed by atoms with van der Waals surface area (Å²) in [6, 6.07) is 19.2. The molecule has 0 saturated heterocycles. The van der Waals surface area contributed by atoms with E-state index in [0.717, 1.165) is 16.7 Å². The Bertz CT molecular complexity index is 1240. The van der Waals surface area contributed by atoms with E-state index in [0.29, 0.717) is 22.5 Å². The van der Waals surface area contributed by atoms with Gasteiger partial charge in [-0.3, -0.25) is 23.7 Å². The van der Waals surface area contributed by atoms with Crippen LogP contribution in [0.3, 0.4) is 0 Å². The Morgan fingerprint density at radius 2 is 1.50 bits per heavy atom. The maximum absolute atomic E-state index is 13.7. The van der Waals surface area contributed by atoms with Gasteiger partial charge < -0.3 is 9.64 Å². The van der Waals surface area contributed by atoms with E-state index in [1.54, 1.807) is 62.5 Å². The highest BCUT2D eigenvalue weighted by Crippen LogP contribution is 2.31. The fraction of sp³-hybridized carbons (Fsp3) is 0.276. The van der Waals surface area contributed by atoms with Gasteiger partial charge in [-0.2, -0.15) is 0 Å². The van der Waals surface area contributed by atoms with Gasteiger partial charge in [0.15, 0.2) is 0 Å². The summed E-state index contributed by atoms with van der Waals surface area (Å²) in [4.78, 5) is 41.8. The number of methoxy groups -OCH3 is 1. The molecule has 0 aliphatic carbocycles. The van der Waals surface area contributed by atoms with Crippen LogP contribution >= 0.6 is 0 Å². The van der Waals surface area contributed by atoms with Gasteiger partial charge in [-0.1, -0.05) is 43.3 Å². The second kappa shape index (κ2) is 11.6. The summed E-state index contributed by atoms with van der Waals surface area (Å²) in [5.74, 6) is -1.48. The minimum atomic E-state index is -0.573. The molecule has 7 heteroatoms. The average Bonchev–Trinajstić information content (AvgIpc) is 2.90. The molecule has 0 aromatic heterocycles. The normalized spacial score (nSPS) is 11.5. The zero-order valence-corrected chi connectivity index (χ0v) is 21.2. The van der Waals surface area contributed by atoms with Crippen LogP contribution in [0.5, 0.6) is 0 Å². The van der Waals surface area contributed by atoms with Crippen molar-refractivity contribution in [2.75, 3.05) is 37.2 Å². The van der Waals surface area contributed by atoms with Crippen LogP contribution in [0, 0.1) is 13.8 Å². The Balaban J connectivity index is 2.00. The summed E-state index contributed by atoms with van der Waals surface area (Å²) in [5, 5.41) is 0. The van der Waals surface area contributed by atoms with Crippen LogP contribution in [0.25, 0.3) is 0 Å². The van der Waals surface area contributed by atoms with E-state index >= 15 is 0 Å². The lowest BCUT2D eigenvalue weighted by Gasteiger charge is -2.27. The third-order valence-electron chi connectivity index (χ3n) is 6.15. The highest BCUT2D eigenvalue weighted by atomic mass is 19.1. The molecule has 0 N–H and O–H groups in total. The molecule has 0 aliphatic heterocycles. The van der Waals surface area contributed by atoms with Gasteiger partial charge in [-0.25, -0.2) is 0 Å². The Morgan fingerprint density at radius 3 is 2.08 bits per heavy atom. The minimum absolute atomic E-state index is 0.212. The number of hydrogen-bond donors (Lipinski definition) is 0. The molecule has 0 saturated carbocycles. The van der Waals surface area contributed by atoms with Crippen molar-refractivity contribution in [3.63, 3.8) is 0 Å². The van der Waals surface area contributed by atoms with Crippen molar-refractivity contribution < 1.29 is 23.5 Å². The highest BCUT2D eigenvalue weighted by molar-refractivity contribution is 6.11. The SMILES string of the molecule is COC(=O)CN(C(=O)c1cccc(N(C)C(=O)c2ccccc2)c1)c1c(C)cc(C(C)CF)cc1C. The Labute approximate surface area is 211 Å². The van der Waals surface area contributed by atoms with Crippen molar-refractivity contribution in [2.24, 2.45) is 0 Å². The molecule has 3 rings (SSSR count). The van der Waals surface area contributed by atoms with Crippen molar-refractivity contribution in [3.05, 3.63) is 94.5 Å². The van der Waals surface area contributed by atoms with Gasteiger partial charge in [0.05, 0.1) is 19.5 Å². The summed E-state index contributed by atoms with van der Waals surface area (Å²) in [5.41, 5.74) is 4.25. The van der Waals surface area contributed by atoms with Gasteiger partial charge in [0.2, 0.25) is 0 Å². The van der Waals surface area contributed by atoms with Gasteiger partial charge in [0, 0.05) is 29.8 Å². The van der Waals surface area contributed by atoms with E-state index in [1.807, 2.05) is 32.0 Å². The van der Waals surface area contributed by atoms with Gasteiger partial charge in [0.1, 0.15) is 6.54 Å². The largest absolute Gasteiger partial charge is 0.468 e. The summed E-state index contributed by atoms with van der Waals surface area (Å²) < 4.78 is 18.1. The lowest BCUT2D eigenvalue weighted by atomic mass is 9.95. The lowest BCUT2D eigenvalue weighted by Crippen LogP contribution is -2.37. The third kappa shape index (κ3) is 5.79. The summed E-state index contributed by atoms with van der Waals surface area (Å²) >= 11 is 0. The van der Waals surface area contributed by atoms with E-state index in [2.05, 4.69) is 0 Å². The fourth-order valence-corrected chi connectivity index (χ4v) is 4.13. The van der Waals surface area contributed by atoms with Crippen LogP contribution in [0.1, 0.15) is 50.2 Å². The number of carbonyl (C=O) groups excluding carboxylic acids is 3. The molecule has 0 bridgehead atoms. The number of alkyl halides is 1. The molecular weight excluding hydrogens is 459 g/mol. The summed E-state index contributed by atoms with van der Waals surface area (Å²) in [6.07, 6.45) is 0. The van der Waals surface area contributed by atoms with E-state index in [1.165, 1.54) is 16.9 Å². The number of aryl methyl sites for hydroxylation is 2. The van der Waals surface area contributed by atoms with Crippen LogP contribution in [0.4, 0.5) is 15.8 Å². The molecule has 3 aromatic carbocycles. The summed E-state index contributed by atoms with van der Waals surface area (Å²) in [6.45, 7) is 4.67. The van der Waals surface area contributed by atoms with E-state index in [4.69, 9.17) is 4.74 Å². The first-order valence-electron chi connectivity index (χ1n) is 11.7. The Kier molecular flexibility index (Phi) is 8.59. The number of anilines is 2. The molecule has 1 atom stereocenters.